The quantitative estimate of drug-likeness (QED) is 0.781. The van der Waals surface area contributed by atoms with Gasteiger partial charge in [-0.1, -0.05) is 30.3 Å². The van der Waals surface area contributed by atoms with E-state index in [1.807, 2.05) is 0 Å². The van der Waals surface area contributed by atoms with Gasteiger partial charge >= 0.3 is 0 Å². The minimum atomic E-state index is -4.10. The monoisotopic (exact) mass is 383 g/mol. The standard InChI is InChI=1S/C19H20F3NO2S/c20-16-8-6-15(7-9-16)18(21)14-23-12-10-19(22,11-13-23)26(24,25)17-4-2-1-3-5-17/h1-9,18H,10-14H2. The Hall–Kier alpha value is -1.86. The van der Waals surface area contributed by atoms with Crippen LogP contribution >= 0.6 is 0 Å². The molecule has 1 aliphatic heterocycles. The molecule has 3 rings (SSSR count). The Kier molecular flexibility index (Phi) is 5.39. The Bertz CT molecular complexity index is 833. The number of hydrogen-bond donors (Lipinski definition) is 0. The van der Waals surface area contributed by atoms with Gasteiger partial charge in [0.15, 0.2) is 0 Å². The summed E-state index contributed by atoms with van der Waals surface area (Å²) in [5.41, 5.74) is 0.348. The Morgan fingerprint density at radius 1 is 1.00 bits per heavy atom. The molecule has 0 spiro atoms. The molecule has 140 valence electrons. The van der Waals surface area contributed by atoms with Crippen LogP contribution in [-0.2, 0) is 9.84 Å². The van der Waals surface area contributed by atoms with Crippen LogP contribution in [0.2, 0.25) is 0 Å². The van der Waals surface area contributed by atoms with Crippen LogP contribution in [0.3, 0.4) is 0 Å². The van der Waals surface area contributed by atoms with Crippen molar-refractivity contribution < 1.29 is 21.6 Å². The van der Waals surface area contributed by atoms with Crippen LogP contribution in [0.25, 0.3) is 0 Å². The molecule has 2 aromatic carbocycles. The molecule has 7 heteroatoms. The highest BCUT2D eigenvalue weighted by atomic mass is 32.2. The van der Waals surface area contributed by atoms with Crippen molar-refractivity contribution in [1.82, 2.24) is 4.90 Å². The number of halogens is 3. The van der Waals surface area contributed by atoms with Gasteiger partial charge in [-0.25, -0.2) is 21.6 Å². The van der Waals surface area contributed by atoms with Crippen LogP contribution in [0.5, 0.6) is 0 Å². The summed E-state index contributed by atoms with van der Waals surface area (Å²) in [5.74, 6) is -0.438. The molecule has 1 aliphatic rings. The number of nitrogens with zero attached hydrogens (tertiary/aromatic N) is 1. The fourth-order valence-electron chi connectivity index (χ4n) is 3.15. The van der Waals surface area contributed by atoms with E-state index in [0.29, 0.717) is 5.56 Å². The van der Waals surface area contributed by atoms with Crippen LogP contribution in [0, 0.1) is 5.82 Å². The number of rotatable bonds is 5. The summed E-state index contributed by atoms with van der Waals surface area (Å²) < 4.78 is 67.6. The van der Waals surface area contributed by atoms with Crippen molar-refractivity contribution in [3.63, 3.8) is 0 Å². The topological polar surface area (TPSA) is 37.4 Å². The van der Waals surface area contributed by atoms with Crippen LogP contribution < -0.4 is 0 Å². The summed E-state index contributed by atoms with van der Waals surface area (Å²) in [6, 6.07) is 12.7. The van der Waals surface area contributed by atoms with E-state index >= 15 is 4.39 Å². The molecule has 0 aromatic heterocycles. The minimum Gasteiger partial charge on any atom is -0.300 e. The van der Waals surface area contributed by atoms with Gasteiger partial charge in [-0.2, -0.15) is 0 Å². The summed E-state index contributed by atoms with van der Waals surface area (Å²) >= 11 is 0. The molecule has 1 unspecified atom stereocenters. The zero-order valence-corrected chi connectivity index (χ0v) is 14.9. The molecular formula is C19H20F3NO2S. The van der Waals surface area contributed by atoms with E-state index in [2.05, 4.69) is 0 Å². The normalized spacial score (nSPS) is 19.2. The molecule has 0 bridgehead atoms. The fraction of sp³-hybridized carbons (Fsp3) is 0.368. The zero-order chi connectivity index (χ0) is 18.8. The van der Waals surface area contributed by atoms with E-state index in [-0.39, 0.29) is 37.4 Å². The molecule has 0 radical (unpaired) electrons. The number of piperidine rings is 1. The highest BCUT2D eigenvalue weighted by Crippen LogP contribution is 2.37. The highest BCUT2D eigenvalue weighted by molar-refractivity contribution is 7.92. The van der Waals surface area contributed by atoms with Crippen LogP contribution in [0.4, 0.5) is 13.2 Å². The SMILES string of the molecule is O=S(=O)(c1ccccc1)C1(F)CCN(CC(F)c2ccc(F)cc2)CC1. The van der Waals surface area contributed by atoms with E-state index in [1.54, 1.807) is 23.1 Å². The minimum absolute atomic E-state index is 0.0209. The Labute approximate surface area is 151 Å². The largest absolute Gasteiger partial charge is 0.300 e. The predicted octanol–water partition coefficient (Wildman–Crippen LogP) is 4.07. The van der Waals surface area contributed by atoms with Crippen molar-refractivity contribution in [3.8, 4) is 0 Å². The van der Waals surface area contributed by atoms with Crippen molar-refractivity contribution in [2.24, 2.45) is 0 Å². The maximum Gasteiger partial charge on any atom is 0.217 e. The third-order valence-corrected chi connectivity index (χ3v) is 7.05. The second-order valence-electron chi connectivity index (χ2n) is 6.52. The first-order chi connectivity index (χ1) is 12.3. The maximum absolute atomic E-state index is 15.2. The van der Waals surface area contributed by atoms with E-state index in [9.17, 15) is 17.2 Å². The molecule has 1 atom stereocenters. The Morgan fingerprint density at radius 3 is 2.15 bits per heavy atom. The lowest BCUT2D eigenvalue weighted by atomic mass is 10.1. The molecule has 1 fully saturated rings. The van der Waals surface area contributed by atoms with Crippen molar-refractivity contribution in [2.75, 3.05) is 19.6 Å². The molecule has 0 aliphatic carbocycles. The van der Waals surface area contributed by atoms with Gasteiger partial charge in [0.1, 0.15) is 12.0 Å². The zero-order valence-electron chi connectivity index (χ0n) is 14.1. The Balaban J connectivity index is 1.64. The molecule has 0 saturated carbocycles. The van der Waals surface area contributed by atoms with Crippen LogP contribution in [0.1, 0.15) is 24.6 Å². The number of likely N-dealkylation sites (tertiary alicyclic amines) is 1. The average Bonchev–Trinajstić information content (AvgIpc) is 2.65. The first-order valence-electron chi connectivity index (χ1n) is 8.42. The average molecular weight is 383 g/mol. The first-order valence-corrected chi connectivity index (χ1v) is 9.91. The summed E-state index contributed by atoms with van der Waals surface area (Å²) in [6.07, 6.45) is -1.76. The van der Waals surface area contributed by atoms with Gasteiger partial charge in [0.25, 0.3) is 0 Å². The lowest BCUT2D eigenvalue weighted by molar-refractivity contribution is 0.0981. The number of hydrogen-bond acceptors (Lipinski definition) is 3. The van der Waals surface area contributed by atoms with E-state index in [4.69, 9.17) is 0 Å². The van der Waals surface area contributed by atoms with E-state index in [0.717, 1.165) is 0 Å². The maximum atomic E-state index is 15.2. The van der Waals surface area contributed by atoms with Gasteiger partial charge < -0.3 is 0 Å². The van der Waals surface area contributed by atoms with Gasteiger partial charge in [-0.3, -0.25) is 4.90 Å². The van der Waals surface area contributed by atoms with Gasteiger partial charge in [-0.05, 0) is 29.8 Å². The van der Waals surface area contributed by atoms with E-state index < -0.39 is 26.8 Å². The van der Waals surface area contributed by atoms with Crippen molar-refractivity contribution in [3.05, 3.63) is 66.0 Å². The predicted molar refractivity (Wildman–Crippen MR) is 93.4 cm³/mol. The van der Waals surface area contributed by atoms with Crippen molar-refractivity contribution in [2.45, 2.75) is 28.9 Å². The van der Waals surface area contributed by atoms with Crippen molar-refractivity contribution in [1.29, 1.82) is 0 Å². The molecular weight excluding hydrogens is 363 g/mol. The number of benzene rings is 2. The lowest BCUT2D eigenvalue weighted by Crippen LogP contribution is -2.47. The fourth-order valence-corrected chi connectivity index (χ4v) is 4.81. The molecule has 26 heavy (non-hydrogen) atoms. The summed E-state index contributed by atoms with van der Waals surface area (Å²) in [4.78, 5) is 1.66. The van der Waals surface area contributed by atoms with E-state index in [1.165, 1.54) is 36.4 Å². The third-order valence-electron chi connectivity index (χ3n) is 4.79. The van der Waals surface area contributed by atoms with Crippen molar-refractivity contribution >= 4 is 9.84 Å². The smallest absolute Gasteiger partial charge is 0.217 e. The van der Waals surface area contributed by atoms with Gasteiger partial charge in [0.2, 0.25) is 14.8 Å². The van der Waals surface area contributed by atoms with Gasteiger partial charge in [0, 0.05) is 32.5 Å². The summed E-state index contributed by atoms with van der Waals surface area (Å²) in [5, 5.41) is -2.34. The molecule has 1 saturated heterocycles. The second-order valence-corrected chi connectivity index (χ2v) is 8.73. The van der Waals surface area contributed by atoms with Gasteiger partial charge in [-0.15, -0.1) is 0 Å². The second kappa shape index (κ2) is 7.40. The molecule has 2 aromatic rings. The third kappa shape index (κ3) is 3.78. The van der Waals surface area contributed by atoms with Crippen LogP contribution in [-0.4, -0.2) is 38.0 Å². The number of alkyl halides is 2. The molecule has 0 N–H and O–H groups in total. The molecule has 1 heterocycles. The molecule has 3 nitrogen and oxygen atoms in total. The first kappa shape index (κ1) is 18.9. The number of sulfone groups is 1. The summed E-state index contributed by atoms with van der Waals surface area (Å²) in [7, 11) is -4.10. The van der Waals surface area contributed by atoms with Crippen LogP contribution in [0.15, 0.2) is 59.5 Å². The highest BCUT2D eigenvalue weighted by Gasteiger charge is 2.47. The lowest BCUT2D eigenvalue weighted by Gasteiger charge is -2.36. The van der Waals surface area contributed by atoms with Gasteiger partial charge in [0.05, 0.1) is 4.90 Å². The molecule has 0 amide bonds. The Morgan fingerprint density at radius 2 is 1.58 bits per heavy atom. The summed E-state index contributed by atoms with van der Waals surface area (Å²) in [6.45, 7) is 0.307.